The van der Waals surface area contributed by atoms with Gasteiger partial charge in [-0.1, -0.05) is 48.0 Å². The third-order valence-electron chi connectivity index (χ3n) is 6.33. The zero-order valence-corrected chi connectivity index (χ0v) is 19.0. The van der Waals surface area contributed by atoms with Crippen LogP contribution in [0, 0.1) is 0 Å². The normalized spacial score (nSPS) is 16.4. The van der Waals surface area contributed by atoms with Crippen molar-refractivity contribution in [3.8, 4) is 17.2 Å². The second-order valence-corrected chi connectivity index (χ2v) is 8.91. The summed E-state index contributed by atoms with van der Waals surface area (Å²) in [6, 6.07) is 15.0. The first kappa shape index (κ1) is 22.1. The topological polar surface area (TPSA) is 99.1 Å². The van der Waals surface area contributed by atoms with Crippen LogP contribution in [-0.4, -0.2) is 39.6 Å². The van der Waals surface area contributed by atoms with Crippen LogP contribution in [0.25, 0.3) is 0 Å². The summed E-state index contributed by atoms with van der Waals surface area (Å²) in [5, 5.41) is 22.9. The highest BCUT2D eigenvalue weighted by atomic mass is 35.5. The zero-order chi connectivity index (χ0) is 23.8. The predicted molar refractivity (Wildman–Crippen MR) is 126 cm³/mol. The molecule has 3 aromatic carbocycles. The van der Waals surface area contributed by atoms with Gasteiger partial charge in [0.1, 0.15) is 23.3 Å². The van der Waals surface area contributed by atoms with Gasteiger partial charge < -0.3 is 25.2 Å². The van der Waals surface area contributed by atoms with Gasteiger partial charge in [0.25, 0.3) is 5.91 Å². The third kappa shape index (κ3) is 4.15. The molecule has 8 heteroatoms. The zero-order valence-electron chi connectivity index (χ0n) is 18.3. The number of phenols is 2. The largest absolute Gasteiger partial charge is 0.507 e. The van der Waals surface area contributed by atoms with Crippen molar-refractivity contribution in [1.82, 2.24) is 10.2 Å². The monoisotopic (exact) mass is 478 g/mol. The minimum absolute atomic E-state index is 0.0554. The molecular formula is C26H23ClN2O5. The Hall–Kier alpha value is -3.71. The molecule has 5 rings (SSSR count). The summed E-state index contributed by atoms with van der Waals surface area (Å²) in [4.78, 5) is 28.2. The van der Waals surface area contributed by atoms with Crippen LogP contribution >= 0.6 is 11.6 Å². The molecule has 0 fully saturated rings. The van der Waals surface area contributed by atoms with E-state index in [9.17, 15) is 19.8 Å². The SMILES string of the molecule is O=C(NCc1ccc2c(c1)CCO2)[C@H]1Cc2ccccc2CN1C(=O)c1cc(Cl)c(O)cc1O. The Labute approximate surface area is 201 Å². The molecule has 0 saturated carbocycles. The first-order valence-corrected chi connectivity index (χ1v) is 11.4. The summed E-state index contributed by atoms with van der Waals surface area (Å²) in [5.41, 5.74) is 3.93. The van der Waals surface area contributed by atoms with Crippen molar-refractivity contribution in [3.63, 3.8) is 0 Å². The number of ether oxygens (including phenoxy) is 1. The maximum Gasteiger partial charge on any atom is 0.258 e. The number of aromatic hydroxyl groups is 2. The van der Waals surface area contributed by atoms with Crippen molar-refractivity contribution in [2.45, 2.75) is 32.0 Å². The maximum absolute atomic E-state index is 13.4. The van der Waals surface area contributed by atoms with Gasteiger partial charge in [0.05, 0.1) is 17.2 Å². The van der Waals surface area contributed by atoms with E-state index in [1.807, 2.05) is 42.5 Å². The molecule has 7 nitrogen and oxygen atoms in total. The Balaban J connectivity index is 1.40. The molecule has 34 heavy (non-hydrogen) atoms. The van der Waals surface area contributed by atoms with Crippen LogP contribution < -0.4 is 10.1 Å². The van der Waals surface area contributed by atoms with Gasteiger partial charge in [0, 0.05) is 32.0 Å². The molecule has 0 unspecified atom stereocenters. The highest BCUT2D eigenvalue weighted by Crippen LogP contribution is 2.34. The van der Waals surface area contributed by atoms with E-state index in [0.29, 0.717) is 19.6 Å². The summed E-state index contributed by atoms with van der Waals surface area (Å²) in [6.45, 7) is 1.20. The quantitative estimate of drug-likeness (QED) is 0.532. The van der Waals surface area contributed by atoms with Crippen molar-refractivity contribution in [2.24, 2.45) is 0 Å². The summed E-state index contributed by atoms with van der Waals surface area (Å²) >= 11 is 5.99. The number of hydrogen-bond donors (Lipinski definition) is 3. The summed E-state index contributed by atoms with van der Waals surface area (Å²) in [7, 11) is 0. The Morgan fingerprint density at radius 1 is 1.03 bits per heavy atom. The number of amides is 2. The van der Waals surface area contributed by atoms with Crippen molar-refractivity contribution >= 4 is 23.4 Å². The second-order valence-electron chi connectivity index (χ2n) is 8.50. The summed E-state index contributed by atoms with van der Waals surface area (Å²) in [5.74, 6) is -0.671. The van der Waals surface area contributed by atoms with Gasteiger partial charge in [-0.3, -0.25) is 9.59 Å². The molecular weight excluding hydrogens is 456 g/mol. The molecule has 0 radical (unpaired) electrons. The van der Waals surface area contributed by atoms with Crippen molar-refractivity contribution in [1.29, 1.82) is 0 Å². The van der Waals surface area contributed by atoms with E-state index in [1.165, 1.54) is 11.0 Å². The van der Waals surface area contributed by atoms with E-state index < -0.39 is 17.7 Å². The van der Waals surface area contributed by atoms with Gasteiger partial charge in [0.15, 0.2) is 0 Å². The fourth-order valence-electron chi connectivity index (χ4n) is 4.50. The van der Waals surface area contributed by atoms with Crippen LogP contribution in [0.3, 0.4) is 0 Å². The van der Waals surface area contributed by atoms with E-state index in [-0.39, 0.29) is 28.8 Å². The number of phenolic OH excluding ortho intramolecular Hbond substituents is 2. The molecule has 3 N–H and O–H groups in total. The summed E-state index contributed by atoms with van der Waals surface area (Å²) in [6.07, 6.45) is 1.19. The van der Waals surface area contributed by atoms with Crippen LogP contribution in [0.4, 0.5) is 0 Å². The number of carbonyl (C=O) groups is 2. The number of halogens is 1. The van der Waals surface area contributed by atoms with Crippen LogP contribution in [0.5, 0.6) is 17.2 Å². The lowest BCUT2D eigenvalue weighted by molar-refractivity contribution is -0.126. The molecule has 2 aliphatic heterocycles. The molecule has 174 valence electrons. The number of carbonyl (C=O) groups excluding carboxylic acids is 2. The molecule has 0 saturated heterocycles. The number of nitrogens with one attached hydrogen (secondary N) is 1. The summed E-state index contributed by atoms with van der Waals surface area (Å²) < 4.78 is 5.54. The maximum atomic E-state index is 13.4. The number of rotatable bonds is 4. The van der Waals surface area contributed by atoms with Crippen molar-refractivity contribution in [3.05, 3.63) is 87.4 Å². The van der Waals surface area contributed by atoms with Gasteiger partial charge in [-0.2, -0.15) is 0 Å². The van der Waals surface area contributed by atoms with E-state index in [2.05, 4.69) is 5.32 Å². The minimum atomic E-state index is -0.771. The van der Waals surface area contributed by atoms with Crippen molar-refractivity contribution < 1.29 is 24.5 Å². The molecule has 3 aromatic rings. The Morgan fingerprint density at radius 2 is 1.82 bits per heavy atom. The lowest BCUT2D eigenvalue weighted by atomic mass is 9.92. The Morgan fingerprint density at radius 3 is 2.65 bits per heavy atom. The van der Waals surface area contributed by atoms with E-state index in [0.717, 1.165) is 40.5 Å². The van der Waals surface area contributed by atoms with Crippen LogP contribution in [0.2, 0.25) is 5.02 Å². The first-order chi connectivity index (χ1) is 16.4. The smallest absolute Gasteiger partial charge is 0.258 e. The van der Waals surface area contributed by atoms with Crippen LogP contribution in [0.1, 0.15) is 32.6 Å². The molecule has 2 aliphatic rings. The van der Waals surface area contributed by atoms with Crippen LogP contribution in [0.15, 0.2) is 54.6 Å². The number of hydrogen-bond acceptors (Lipinski definition) is 5. The number of benzene rings is 3. The highest BCUT2D eigenvalue weighted by molar-refractivity contribution is 6.32. The number of nitrogens with zero attached hydrogens (tertiary/aromatic N) is 1. The van der Waals surface area contributed by atoms with E-state index in [1.54, 1.807) is 0 Å². The van der Waals surface area contributed by atoms with Gasteiger partial charge in [0.2, 0.25) is 5.91 Å². The Bertz CT molecular complexity index is 1290. The molecule has 1 atom stereocenters. The second kappa shape index (κ2) is 8.91. The lowest BCUT2D eigenvalue weighted by Crippen LogP contribution is -2.52. The highest BCUT2D eigenvalue weighted by Gasteiger charge is 2.36. The van der Waals surface area contributed by atoms with Crippen molar-refractivity contribution in [2.75, 3.05) is 6.61 Å². The predicted octanol–water partition coefficient (Wildman–Crippen LogP) is 3.57. The van der Waals surface area contributed by atoms with Gasteiger partial charge >= 0.3 is 0 Å². The average Bonchev–Trinajstić information content (AvgIpc) is 3.31. The Kier molecular flexibility index (Phi) is 5.79. The van der Waals surface area contributed by atoms with Gasteiger partial charge in [-0.15, -0.1) is 0 Å². The van der Waals surface area contributed by atoms with Gasteiger partial charge in [-0.25, -0.2) is 0 Å². The molecule has 0 aliphatic carbocycles. The van der Waals surface area contributed by atoms with E-state index >= 15 is 0 Å². The molecule has 0 aromatic heterocycles. The fourth-order valence-corrected chi connectivity index (χ4v) is 4.67. The van der Waals surface area contributed by atoms with Crippen LogP contribution in [-0.2, 0) is 30.7 Å². The minimum Gasteiger partial charge on any atom is -0.507 e. The van der Waals surface area contributed by atoms with E-state index in [4.69, 9.17) is 16.3 Å². The van der Waals surface area contributed by atoms with Gasteiger partial charge in [-0.05, 0) is 34.4 Å². The molecule has 0 bridgehead atoms. The standard InChI is InChI=1S/C26H23ClN2O5/c27-20-11-19(22(30)12-23(20)31)26(33)29-14-18-4-2-1-3-16(18)10-21(29)25(32)28-13-15-5-6-24-17(9-15)7-8-34-24/h1-6,9,11-12,21,30-31H,7-8,10,13-14H2,(H,28,32)/t21-/m1/s1. The number of fused-ring (bicyclic) bond motifs is 2. The third-order valence-corrected chi connectivity index (χ3v) is 6.63. The molecule has 0 spiro atoms. The fraction of sp³-hybridized carbons (Fsp3) is 0.231. The average molecular weight is 479 g/mol. The molecule has 2 amide bonds. The molecule has 2 heterocycles. The first-order valence-electron chi connectivity index (χ1n) is 11.0. The lowest BCUT2D eigenvalue weighted by Gasteiger charge is -2.36.